The number of guanidine groups is 1. The van der Waals surface area contributed by atoms with Crippen molar-refractivity contribution < 1.29 is 23.4 Å². The number of halogens is 1. The number of hydrogen-bond acceptors (Lipinski definition) is 9. The van der Waals surface area contributed by atoms with E-state index in [1.54, 1.807) is 26.4 Å². The first-order valence-electron chi connectivity index (χ1n) is 22.9. The monoisotopic (exact) mass is 823 g/mol. The van der Waals surface area contributed by atoms with Crippen LogP contribution in [0.1, 0.15) is 125 Å². The first-order valence-corrected chi connectivity index (χ1v) is 22.9. The Morgan fingerprint density at radius 3 is 2.13 bits per heavy atom. The van der Waals surface area contributed by atoms with Gasteiger partial charge in [-0.3, -0.25) is 4.79 Å². The number of nitrogens with one attached hydrogen (secondary N) is 1. The molecule has 324 valence electrons. The summed E-state index contributed by atoms with van der Waals surface area (Å²) in [6.07, 6.45) is 16.3. The Bertz CT molecular complexity index is 1940. The van der Waals surface area contributed by atoms with E-state index in [0.29, 0.717) is 37.7 Å². The van der Waals surface area contributed by atoms with Crippen molar-refractivity contribution in [1.82, 2.24) is 20.0 Å². The summed E-state index contributed by atoms with van der Waals surface area (Å²) >= 11 is 0. The van der Waals surface area contributed by atoms with Crippen LogP contribution in [-0.2, 0) is 4.79 Å². The van der Waals surface area contributed by atoms with E-state index in [2.05, 4.69) is 34.5 Å². The van der Waals surface area contributed by atoms with Crippen LogP contribution in [0.4, 0.5) is 10.1 Å². The highest BCUT2D eigenvalue weighted by Crippen LogP contribution is 2.46. The van der Waals surface area contributed by atoms with E-state index < -0.39 is 6.17 Å². The Hall–Kier alpha value is -4.35. The highest BCUT2D eigenvalue weighted by molar-refractivity contribution is 5.87. The van der Waals surface area contributed by atoms with Crippen LogP contribution in [0.25, 0.3) is 0 Å². The Labute approximate surface area is 357 Å². The van der Waals surface area contributed by atoms with Gasteiger partial charge in [0.25, 0.3) is 0 Å². The third-order valence-corrected chi connectivity index (χ3v) is 14.7. The van der Waals surface area contributed by atoms with Crippen LogP contribution in [0.15, 0.2) is 65.7 Å². The predicted molar refractivity (Wildman–Crippen MR) is 235 cm³/mol. The van der Waals surface area contributed by atoms with Crippen LogP contribution < -0.4 is 25.3 Å². The summed E-state index contributed by atoms with van der Waals surface area (Å²) in [6.45, 7) is 4.23. The molecule has 2 aliphatic heterocycles. The number of nitrogens with zero attached hydrogens (tertiary/aromatic N) is 4. The first-order chi connectivity index (χ1) is 29.2. The van der Waals surface area contributed by atoms with Gasteiger partial charge in [-0.2, -0.15) is 0 Å². The maximum atomic E-state index is 14.2. The molecule has 1 saturated heterocycles. The van der Waals surface area contributed by atoms with Crippen molar-refractivity contribution in [1.29, 1.82) is 0 Å². The van der Waals surface area contributed by atoms with Crippen LogP contribution in [-0.4, -0.2) is 80.1 Å². The van der Waals surface area contributed by atoms with Crippen LogP contribution in [0.2, 0.25) is 0 Å². The molecule has 2 unspecified atom stereocenters. The van der Waals surface area contributed by atoms with E-state index in [-0.39, 0.29) is 36.3 Å². The predicted octanol–water partition coefficient (Wildman–Crippen LogP) is 9.29. The summed E-state index contributed by atoms with van der Waals surface area (Å²) in [5, 5.41) is 3.45. The van der Waals surface area contributed by atoms with Crippen molar-refractivity contribution in [3.63, 3.8) is 0 Å². The molecule has 3 N–H and O–H groups in total. The Kier molecular flexibility index (Phi) is 13.5. The number of amides is 1. The molecule has 4 fully saturated rings. The summed E-state index contributed by atoms with van der Waals surface area (Å²) < 4.78 is 31.9. The summed E-state index contributed by atoms with van der Waals surface area (Å²) in [4.78, 5) is 25.7. The van der Waals surface area contributed by atoms with Gasteiger partial charge in [0.15, 0.2) is 11.5 Å². The maximum Gasteiger partial charge on any atom is 0.224 e. The molecule has 0 radical (unpaired) electrons. The second-order valence-electron chi connectivity index (χ2n) is 18.1. The minimum atomic E-state index is -0.476. The van der Waals surface area contributed by atoms with E-state index >= 15 is 0 Å². The highest BCUT2D eigenvalue weighted by Gasteiger charge is 2.39. The van der Waals surface area contributed by atoms with E-state index in [1.165, 1.54) is 76.3 Å². The van der Waals surface area contributed by atoms with Crippen LogP contribution in [0.3, 0.4) is 0 Å². The number of benzene rings is 3. The Balaban J connectivity index is 1.00. The van der Waals surface area contributed by atoms with Gasteiger partial charge in [-0.15, -0.1) is 0 Å². The molecule has 8 rings (SSSR count). The zero-order valence-electron chi connectivity index (χ0n) is 36.3. The quantitative estimate of drug-likeness (QED) is 0.186. The molecule has 3 aliphatic carbocycles. The standard InChI is InChI=1S/C49H67FN6O4/c1-5-52-42(36-17-21-38(50)22-18-36)30-47(57)55-25-26-56(49-53-43-29-46(59-4)45(58-3)28-41(43)48(51)54(49)2)44(31-55)37-11-8-12-40(27-37)60-39-23-19-35(20-24-39)34-15-13-33(14-16-34)32-9-6-7-10-32/h8,11-12,17-18,21-22,27-29,32-35,39,42,44,48,52H,5-7,9-10,13-16,19-20,23-26,30-31,51H2,1-4H3/t33?,34?,35?,39?,42-,44?,48?/m1/s1. The first kappa shape index (κ1) is 42.3. The molecular weight excluding hydrogens is 756 g/mol. The largest absolute Gasteiger partial charge is 0.493 e. The van der Waals surface area contributed by atoms with E-state index in [0.717, 1.165) is 70.6 Å². The number of aliphatic imine (C=N–C) groups is 1. The zero-order valence-corrected chi connectivity index (χ0v) is 36.3. The van der Waals surface area contributed by atoms with Crippen molar-refractivity contribution >= 4 is 17.6 Å². The van der Waals surface area contributed by atoms with Crippen molar-refractivity contribution in [3.05, 3.63) is 83.2 Å². The number of carbonyl (C=O) groups excluding carboxylic acids is 1. The molecule has 3 aromatic rings. The lowest BCUT2D eigenvalue weighted by Crippen LogP contribution is -2.57. The molecule has 2 heterocycles. The molecule has 10 nitrogen and oxygen atoms in total. The van der Waals surface area contributed by atoms with Gasteiger partial charge in [0.05, 0.1) is 32.1 Å². The molecule has 1 amide bonds. The molecule has 0 bridgehead atoms. The minimum Gasteiger partial charge on any atom is -0.493 e. The van der Waals surface area contributed by atoms with Gasteiger partial charge >= 0.3 is 0 Å². The van der Waals surface area contributed by atoms with Gasteiger partial charge < -0.3 is 40.0 Å². The second kappa shape index (κ2) is 19.1. The molecule has 3 saturated carbocycles. The fourth-order valence-corrected chi connectivity index (χ4v) is 11.3. The van der Waals surface area contributed by atoms with Crippen molar-refractivity contribution in [2.45, 2.75) is 115 Å². The van der Waals surface area contributed by atoms with Gasteiger partial charge in [-0.05, 0) is 123 Å². The fraction of sp³-hybridized carbons (Fsp3) is 0.592. The zero-order chi connectivity index (χ0) is 41.8. The number of nitrogens with two attached hydrogens (primary N) is 1. The molecule has 3 atom stereocenters. The van der Waals surface area contributed by atoms with Gasteiger partial charge in [-0.1, -0.05) is 56.9 Å². The maximum absolute atomic E-state index is 14.2. The van der Waals surface area contributed by atoms with Crippen LogP contribution in [0, 0.1) is 29.5 Å². The summed E-state index contributed by atoms with van der Waals surface area (Å²) in [5.41, 5.74) is 10.5. The Morgan fingerprint density at radius 2 is 1.48 bits per heavy atom. The van der Waals surface area contributed by atoms with Crippen molar-refractivity contribution in [2.24, 2.45) is 34.4 Å². The van der Waals surface area contributed by atoms with Crippen LogP contribution in [0.5, 0.6) is 17.2 Å². The molecule has 11 heteroatoms. The topological polar surface area (TPSA) is 105 Å². The van der Waals surface area contributed by atoms with Crippen LogP contribution >= 0.6 is 0 Å². The number of methoxy groups -OCH3 is 2. The number of ether oxygens (including phenoxy) is 3. The average Bonchev–Trinajstić information content (AvgIpc) is 3.83. The second-order valence-corrected chi connectivity index (χ2v) is 18.1. The van der Waals surface area contributed by atoms with Crippen molar-refractivity contribution in [2.75, 3.05) is 47.4 Å². The third kappa shape index (κ3) is 9.27. The number of carbonyl (C=O) groups is 1. The smallest absolute Gasteiger partial charge is 0.224 e. The van der Waals surface area contributed by atoms with Gasteiger partial charge in [-0.25, -0.2) is 9.38 Å². The molecule has 5 aliphatic rings. The number of rotatable bonds is 12. The Morgan fingerprint density at radius 1 is 0.850 bits per heavy atom. The lowest BCUT2D eigenvalue weighted by molar-refractivity contribution is -0.134. The number of piperazine rings is 1. The van der Waals surface area contributed by atoms with Crippen molar-refractivity contribution in [3.8, 4) is 17.2 Å². The minimum absolute atomic E-state index is 0.0453. The normalized spacial score (nSPS) is 26.6. The molecule has 0 aromatic heterocycles. The molecule has 60 heavy (non-hydrogen) atoms. The molecule has 0 spiro atoms. The molecular formula is C49H67FN6O4. The van der Waals surface area contributed by atoms with Gasteiger partial charge in [0.2, 0.25) is 11.9 Å². The molecule has 3 aromatic carbocycles. The lowest BCUT2D eigenvalue weighted by Gasteiger charge is -2.47. The van der Waals surface area contributed by atoms with E-state index in [1.807, 2.05) is 35.9 Å². The summed E-state index contributed by atoms with van der Waals surface area (Å²) in [5.74, 6) is 6.28. The SMILES string of the molecule is CCN[C@H](CC(=O)N1CCN(C2=Nc3cc(OC)c(OC)cc3C(N)N2C)C(c2cccc(OC3CCC(C4CCC(C5CCCC5)CC4)CC3)c2)C1)c1ccc(F)cc1. The van der Waals surface area contributed by atoms with E-state index in [4.69, 9.17) is 24.9 Å². The third-order valence-electron chi connectivity index (χ3n) is 14.7. The summed E-state index contributed by atoms with van der Waals surface area (Å²) in [7, 11) is 5.21. The summed E-state index contributed by atoms with van der Waals surface area (Å²) in [6, 6.07) is 18.3. The fourth-order valence-electron chi connectivity index (χ4n) is 11.3. The number of fused-ring (bicyclic) bond motifs is 1. The highest BCUT2D eigenvalue weighted by atomic mass is 19.1. The number of hydrogen-bond donors (Lipinski definition) is 2. The average molecular weight is 823 g/mol. The lowest BCUT2D eigenvalue weighted by atomic mass is 9.68. The van der Waals surface area contributed by atoms with Gasteiger partial charge in [0, 0.05) is 50.8 Å². The van der Waals surface area contributed by atoms with E-state index in [9.17, 15) is 9.18 Å². The van der Waals surface area contributed by atoms with Gasteiger partial charge in [0.1, 0.15) is 17.7 Å².